The Morgan fingerprint density at radius 3 is 2.33 bits per heavy atom. The van der Waals surface area contributed by atoms with Crippen LogP contribution in [0.25, 0.3) is 0 Å². The Labute approximate surface area is 106 Å². The van der Waals surface area contributed by atoms with Crippen molar-refractivity contribution in [2.45, 2.75) is 32.8 Å². The molecule has 1 aromatic carbocycles. The monoisotopic (exact) mass is 253 g/mol. The van der Waals surface area contributed by atoms with Crippen molar-refractivity contribution < 1.29 is 19.7 Å². The molecule has 1 rings (SSSR count). The van der Waals surface area contributed by atoms with Gasteiger partial charge in [-0.3, -0.25) is 0 Å². The second kappa shape index (κ2) is 5.62. The quantitative estimate of drug-likeness (QED) is 0.771. The number of aromatic hydroxyl groups is 2. The van der Waals surface area contributed by atoms with Gasteiger partial charge in [-0.15, -0.1) is 0 Å². The summed E-state index contributed by atoms with van der Waals surface area (Å²) >= 11 is 0. The second-order valence-corrected chi connectivity index (χ2v) is 4.95. The Kier molecular flexibility index (Phi) is 4.42. The zero-order chi connectivity index (χ0) is 13.8. The number of nitrogens with one attached hydrogen (secondary N) is 1. The fraction of sp³-hybridized carbons (Fsp3) is 0.462. The van der Waals surface area contributed by atoms with E-state index < -0.39 is 11.7 Å². The molecule has 0 radical (unpaired) electrons. The maximum Gasteiger partial charge on any atom is 0.407 e. The Hall–Kier alpha value is -1.91. The highest BCUT2D eigenvalue weighted by Crippen LogP contribution is 2.26. The molecule has 0 spiro atoms. The second-order valence-electron chi connectivity index (χ2n) is 4.95. The summed E-state index contributed by atoms with van der Waals surface area (Å²) in [6.45, 7) is 5.62. The maximum atomic E-state index is 11.4. The first-order chi connectivity index (χ1) is 8.29. The first kappa shape index (κ1) is 14.2. The molecule has 0 saturated heterocycles. The number of hydrogen-bond donors (Lipinski definition) is 3. The zero-order valence-corrected chi connectivity index (χ0v) is 10.9. The van der Waals surface area contributed by atoms with Crippen molar-refractivity contribution in [3.63, 3.8) is 0 Å². The molecule has 0 aliphatic heterocycles. The molecule has 0 aromatic heterocycles. The zero-order valence-electron chi connectivity index (χ0n) is 10.9. The van der Waals surface area contributed by atoms with Crippen molar-refractivity contribution in [3.8, 4) is 11.5 Å². The van der Waals surface area contributed by atoms with Gasteiger partial charge in [0, 0.05) is 12.1 Å². The van der Waals surface area contributed by atoms with Gasteiger partial charge in [-0.05, 0) is 39.3 Å². The van der Waals surface area contributed by atoms with Crippen LogP contribution in [0.3, 0.4) is 0 Å². The van der Waals surface area contributed by atoms with Crippen molar-refractivity contribution in [2.24, 2.45) is 0 Å². The summed E-state index contributed by atoms with van der Waals surface area (Å²) < 4.78 is 5.06. The molecule has 5 nitrogen and oxygen atoms in total. The lowest BCUT2D eigenvalue weighted by molar-refractivity contribution is 0.0528. The number of carbonyl (C=O) groups is 1. The van der Waals surface area contributed by atoms with E-state index in [1.54, 1.807) is 26.8 Å². The Balaban J connectivity index is 2.45. The first-order valence-electron chi connectivity index (χ1n) is 5.76. The Morgan fingerprint density at radius 1 is 1.28 bits per heavy atom. The molecule has 0 bridgehead atoms. The van der Waals surface area contributed by atoms with Gasteiger partial charge in [-0.1, -0.05) is 6.07 Å². The first-order valence-corrected chi connectivity index (χ1v) is 5.76. The van der Waals surface area contributed by atoms with Crippen LogP contribution >= 0.6 is 0 Å². The van der Waals surface area contributed by atoms with Crippen LogP contribution in [0.4, 0.5) is 4.79 Å². The highest BCUT2D eigenvalue weighted by Gasteiger charge is 2.16. The van der Waals surface area contributed by atoms with Gasteiger partial charge in [0.1, 0.15) is 17.1 Å². The molecule has 0 fully saturated rings. The molecule has 18 heavy (non-hydrogen) atoms. The summed E-state index contributed by atoms with van der Waals surface area (Å²) in [6.07, 6.45) is -0.185. The van der Waals surface area contributed by atoms with Crippen LogP contribution in [0.2, 0.25) is 0 Å². The fourth-order valence-corrected chi connectivity index (χ4v) is 1.42. The predicted octanol–water partition coefficient (Wildman–Crippen LogP) is 2.17. The van der Waals surface area contributed by atoms with Gasteiger partial charge in [0.15, 0.2) is 0 Å². The van der Waals surface area contributed by atoms with Gasteiger partial charge in [0.25, 0.3) is 0 Å². The molecule has 0 unspecified atom stereocenters. The van der Waals surface area contributed by atoms with Crippen molar-refractivity contribution in [1.29, 1.82) is 0 Å². The molecule has 3 N–H and O–H groups in total. The number of benzene rings is 1. The third-order valence-corrected chi connectivity index (χ3v) is 2.17. The van der Waals surface area contributed by atoms with Crippen LogP contribution in [0, 0.1) is 0 Å². The Bertz CT molecular complexity index is 403. The average Bonchev–Trinajstić information content (AvgIpc) is 2.19. The van der Waals surface area contributed by atoms with Crippen LogP contribution in [-0.2, 0) is 11.2 Å². The molecule has 0 aliphatic carbocycles. The average molecular weight is 253 g/mol. The summed E-state index contributed by atoms with van der Waals surface area (Å²) in [5.41, 5.74) is -0.130. The van der Waals surface area contributed by atoms with Gasteiger partial charge < -0.3 is 20.3 Å². The van der Waals surface area contributed by atoms with Crippen molar-refractivity contribution in [1.82, 2.24) is 5.32 Å². The summed E-state index contributed by atoms with van der Waals surface area (Å²) in [5, 5.41) is 21.6. The molecule has 1 aromatic rings. The number of phenolic OH excluding ortho intramolecular Hbond substituents is 2. The molecule has 0 aliphatic rings. The summed E-state index contributed by atoms with van der Waals surface area (Å²) in [5.74, 6) is 0.0296. The van der Waals surface area contributed by atoms with Crippen molar-refractivity contribution >= 4 is 6.09 Å². The van der Waals surface area contributed by atoms with E-state index in [4.69, 9.17) is 4.74 Å². The minimum Gasteiger partial charge on any atom is -0.508 e. The standard InChI is InChI=1S/C13H19NO4/c1-13(2,3)18-12(17)14-8-7-9-10(15)5-4-6-11(9)16/h4-6,15-16H,7-8H2,1-3H3,(H,14,17). The smallest absolute Gasteiger partial charge is 0.407 e. The molecule has 1 amide bonds. The lowest BCUT2D eigenvalue weighted by Crippen LogP contribution is -2.33. The normalized spacial score (nSPS) is 11.1. The van der Waals surface area contributed by atoms with Gasteiger partial charge in [-0.25, -0.2) is 4.79 Å². The van der Waals surface area contributed by atoms with Crippen molar-refractivity contribution in [2.75, 3.05) is 6.54 Å². The van der Waals surface area contributed by atoms with E-state index >= 15 is 0 Å². The van der Waals surface area contributed by atoms with Gasteiger partial charge in [0.2, 0.25) is 0 Å². The van der Waals surface area contributed by atoms with Crippen LogP contribution in [-0.4, -0.2) is 28.5 Å². The Morgan fingerprint density at radius 2 is 1.83 bits per heavy atom. The van der Waals surface area contributed by atoms with Gasteiger partial charge in [-0.2, -0.15) is 0 Å². The van der Waals surface area contributed by atoms with E-state index in [1.807, 2.05) is 0 Å². The minimum atomic E-state index is -0.541. The van der Waals surface area contributed by atoms with E-state index in [0.717, 1.165) is 0 Å². The molecular formula is C13H19NO4. The third-order valence-electron chi connectivity index (χ3n) is 2.17. The highest BCUT2D eigenvalue weighted by molar-refractivity contribution is 5.67. The molecular weight excluding hydrogens is 234 g/mol. The molecule has 100 valence electrons. The van der Waals surface area contributed by atoms with Gasteiger partial charge >= 0.3 is 6.09 Å². The number of rotatable bonds is 3. The van der Waals surface area contributed by atoms with Crippen LogP contribution in [0.5, 0.6) is 11.5 Å². The van der Waals surface area contributed by atoms with Crippen LogP contribution in [0.1, 0.15) is 26.3 Å². The summed E-state index contributed by atoms with van der Waals surface area (Å²) in [4.78, 5) is 11.4. The van der Waals surface area contributed by atoms with Crippen molar-refractivity contribution in [3.05, 3.63) is 23.8 Å². The van der Waals surface area contributed by atoms with E-state index in [2.05, 4.69) is 5.32 Å². The van der Waals surface area contributed by atoms with Crippen LogP contribution in [0.15, 0.2) is 18.2 Å². The number of phenols is 2. The van der Waals surface area contributed by atoms with E-state index in [0.29, 0.717) is 12.0 Å². The SMILES string of the molecule is CC(C)(C)OC(=O)NCCc1c(O)cccc1O. The number of carbonyl (C=O) groups excluding carboxylic acids is 1. The summed E-state index contributed by atoms with van der Waals surface area (Å²) in [6, 6.07) is 4.53. The van der Waals surface area contributed by atoms with Gasteiger partial charge in [0.05, 0.1) is 0 Å². The van der Waals surface area contributed by atoms with Crippen LogP contribution < -0.4 is 5.32 Å². The topological polar surface area (TPSA) is 78.8 Å². The van der Waals surface area contributed by atoms with E-state index in [-0.39, 0.29) is 18.0 Å². The van der Waals surface area contributed by atoms with E-state index in [9.17, 15) is 15.0 Å². The number of amides is 1. The maximum absolute atomic E-state index is 11.4. The third kappa shape index (κ3) is 4.53. The lowest BCUT2D eigenvalue weighted by atomic mass is 10.1. The number of ether oxygens (including phenoxy) is 1. The summed E-state index contributed by atoms with van der Waals surface area (Å²) in [7, 11) is 0. The number of hydrogen-bond acceptors (Lipinski definition) is 4. The number of alkyl carbamates (subject to hydrolysis) is 1. The predicted molar refractivity (Wildman–Crippen MR) is 67.7 cm³/mol. The largest absolute Gasteiger partial charge is 0.508 e. The van der Waals surface area contributed by atoms with E-state index in [1.165, 1.54) is 12.1 Å². The minimum absolute atomic E-state index is 0.0148. The molecule has 0 heterocycles. The highest BCUT2D eigenvalue weighted by atomic mass is 16.6. The fourth-order valence-electron chi connectivity index (χ4n) is 1.42. The molecule has 0 saturated carbocycles. The molecule has 5 heteroatoms. The lowest BCUT2D eigenvalue weighted by Gasteiger charge is -2.19. The molecule has 0 atom stereocenters.